The second-order valence-corrected chi connectivity index (χ2v) is 6.80. The van der Waals surface area contributed by atoms with Crippen LogP contribution >= 0.6 is 0 Å². The average molecular weight is 415 g/mol. The number of pyridine rings is 1. The minimum atomic E-state index is -1.14. The van der Waals surface area contributed by atoms with Crippen molar-refractivity contribution in [2.45, 2.75) is 6.42 Å². The van der Waals surface area contributed by atoms with Gasteiger partial charge in [-0.1, -0.05) is 12.1 Å². The topological polar surface area (TPSA) is 109 Å². The second-order valence-electron chi connectivity index (χ2n) is 6.80. The molecule has 0 radical (unpaired) electrons. The number of carbonyl (C=O) groups is 1. The zero-order chi connectivity index (χ0) is 21.6. The Kier molecular flexibility index (Phi) is 5.89. The summed E-state index contributed by atoms with van der Waals surface area (Å²) in [6.45, 7) is 0.643. The Morgan fingerprint density at radius 1 is 1.06 bits per heavy atom. The first-order valence-electron chi connectivity index (χ1n) is 9.71. The monoisotopic (exact) mass is 415 g/mol. The molecule has 0 fully saturated rings. The lowest BCUT2D eigenvalue weighted by atomic mass is 10.0. The van der Waals surface area contributed by atoms with Crippen LogP contribution in [0.4, 0.5) is 16.4 Å². The molecular weight excluding hydrogens is 394 g/mol. The molecule has 2 aromatic carbocycles. The fraction of sp³-hybridized carbons (Fsp3) is 0.130. The van der Waals surface area contributed by atoms with E-state index in [0.717, 1.165) is 28.5 Å². The molecule has 0 unspecified atom stereocenters. The van der Waals surface area contributed by atoms with Gasteiger partial charge in [-0.2, -0.15) is 0 Å². The number of nitrogens with one attached hydrogen (secondary N) is 2. The van der Waals surface area contributed by atoms with Crippen LogP contribution in [0.1, 0.15) is 5.69 Å². The minimum Gasteiger partial charge on any atom is -0.497 e. The SMILES string of the molecule is COc1ccc2cc(-c3ccnc(NCCc4ccccn4)n3)cc(NC(=O)O)c2c1. The van der Waals surface area contributed by atoms with Crippen molar-refractivity contribution in [2.75, 3.05) is 24.3 Å². The smallest absolute Gasteiger partial charge is 0.409 e. The van der Waals surface area contributed by atoms with E-state index in [1.165, 1.54) is 0 Å². The van der Waals surface area contributed by atoms with Crippen molar-refractivity contribution in [2.24, 2.45) is 0 Å². The van der Waals surface area contributed by atoms with Crippen LogP contribution < -0.4 is 15.4 Å². The van der Waals surface area contributed by atoms with Gasteiger partial charge < -0.3 is 15.2 Å². The number of fused-ring (bicyclic) bond motifs is 1. The van der Waals surface area contributed by atoms with Crippen molar-refractivity contribution in [3.05, 3.63) is 72.7 Å². The molecule has 0 saturated carbocycles. The van der Waals surface area contributed by atoms with Crippen LogP contribution in [0, 0.1) is 0 Å². The Morgan fingerprint density at radius 2 is 1.97 bits per heavy atom. The van der Waals surface area contributed by atoms with Gasteiger partial charge in [-0.3, -0.25) is 10.3 Å². The summed E-state index contributed by atoms with van der Waals surface area (Å²) >= 11 is 0. The Bertz CT molecular complexity index is 1210. The molecule has 0 bridgehead atoms. The Hall–Kier alpha value is -4.20. The van der Waals surface area contributed by atoms with Crippen LogP contribution in [0.15, 0.2) is 67.0 Å². The molecule has 2 aromatic heterocycles. The summed E-state index contributed by atoms with van der Waals surface area (Å²) in [5.74, 6) is 1.14. The van der Waals surface area contributed by atoms with Crippen LogP contribution in [0.2, 0.25) is 0 Å². The quantitative estimate of drug-likeness (QED) is 0.409. The maximum Gasteiger partial charge on any atom is 0.409 e. The summed E-state index contributed by atoms with van der Waals surface area (Å²) < 4.78 is 5.27. The summed E-state index contributed by atoms with van der Waals surface area (Å²) in [6, 6.07) is 16.8. The number of hydrogen-bond acceptors (Lipinski definition) is 6. The predicted molar refractivity (Wildman–Crippen MR) is 120 cm³/mol. The molecule has 0 saturated heterocycles. The summed E-state index contributed by atoms with van der Waals surface area (Å²) in [5, 5.41) is 16.6. The molecule has 0 aliphatic heterocycles. The maximum absolute atomic E-state index is 11.3. The van der Waals surface area contributed by atoms with Crippen LogP contribution in [0.3, 0.4) is 0 Å². The number of ether oxygens (including phenoxy) is 1. The molecule has 8 heteroatoms. The number of rotatable bonds is 7. The largest absolute Gasteiger partial charge is 0.497 e. The number of anilines is 2. The molecule has 4 rings (SSSR count). The Balaban J connectivity index is 1.61. The molecule has 156 valence electrons. The third kappa shape index (κ3) is 4.87. The van der Waals surface area contributed by atoms with E-state index in [-0.39, 0.29) is 0 Å². The number of aromatic nitrogens is 3. The van der Waals surface area contributed by atoms with Gasteiger partial charge in [0.15, 0.2) is 0 Å². The number of carboxylic acid groups (broad SMARTS) is 1. The molecule has 31 heavy (non-hydrogen) atoms. The third-order valence-corrected chi connectivity index (χ3v) is 4.74. The lowest BCUT2D eigenvalue weighted by Crippen LogP contribution is -2.09. The van der Waals surface area contributed by atoms with Crippen LogP contribution in [-0.4, -0.2) is 39.8 Å². The second kappa shape index (κ2) is 9.08. The van der Waals surface area contributed by atoms with Gasteiger partial charge in [-0.25, -0.2) is 14.8 Å². The lowest BCUT2D eigenvalue weighted by Gasteiger charge is -2.12. The summed E-state index contributed by atoms with van der Waals surface area (Å²) in [6.07, 6.45) is 3.05. The molecule has 0 atom stereocenters. The van der Waals surface area contributed by atoms with Gasteiger partial charge in [0.25, 0.3) is 0 Å². The summed E-state index contributed by atoms with van der Waals surface area (Å²) in [4.78, 5) is 24.5. The molecule has 0 spiro atoms. The number of amides is 1. The Labute approximate surface area is 179 Å². The fourth-order valence-electron chi connectivity index (χ4n) is 3.28. The standard InChI is InChI=1S/C23H21N5O3/c1-31-18-6-5-15-12-16(13-21(19(15)14-18)28-23(29)30)20-8-11-26-22(27-20)25-10-7-17-4-2-3-9-24-17/h2-6,8-9,11-14,28H,7,10H2,1H3,(H,29,30)(H,25,26,27). The summed E-state index contributed by atoms with van der Waals surface area (Å²) in [5.41, 5.74) is 2.90. The van der Waals surface area contributed by atoms with E-state index in [1.54, 1.807) is 37.7 Å². The summed E-state index contributed by atoms with van der Waals surface area (Å²) in [7, 11) is 1.57. The normalized spacial score (nSPS) is 10.6. The van der Waals surface area contributed by atoms with Crippen LogP contribution in [0.25, 0.3) is 22.0 Å². The van der Waals surface area contributed by atoms with Crippen molar-refractivity contribution >= 4 is 28.5 Å². The van der Waals surface area contributed by atoms with Crippen molar-refractivity contribution < 1.29 is 14.6 Å². The molecule has 8 nitrogen and oxygen atoms in total. The average Bonchev–Trinajstić information content (AvgIpc) is 2.79. The molecule has 1 amide bonds. The highest BCUT2D eigenvalue weighted by Crippen LogP contribution is 2.33. The molecule has 0 aliphatic rings. The van der Waals surface area contributed by atoms with E-state index in [0.29, 0.717) is 29.6 Å². The number of hydrogen-bond donors (Lipinski definition) is 3. The minimum absolute atomic E-state index is 0.460. The predicted octanol–water partition coefficient (Wildman–Crippen LogP) is 4.44. The van der Waals surface area contributed by atoms with Gasteiger partial charge in [0.05, 0.1) is 18.5 Å². The van der Waals surface area contributed by atoms with E-state index >= 15 is 0 Å². The van der Waals surface area contributed by atoms with Gasteiger partial charge in [-0.15, -0.1) is 0 Å². The first-order valence-corrected chi connectivity index (χ1v) is 9.71. The Morgan fingerprint density at radius 3 is 2.74 bits per heavy atom. The first kappa shape index (κ1) is 20.1. The highest BCUT2D eigenvalue weighted by molar-refractivity contribution is 6.02. The highest BCUT2D eigenvalue weighted by atomic mass is 16.5. The number of methoxy groups -OCH3 is 1. The zero-order valence-corrected chi connectivity index (χ0v) is 16.9. The van der Waals surface area contributed by atoms with Gasteiger partial charge in [0.2, 0.25) is 5.95 Å². The molecule has 2 heterocycles. The van der Waals surface area contributed by atoms with Crippen molar-refractivity contribution in [1.29, 1.82) is 0 Å². The van der Waals surface area contributed by atoms with Gasteiger partial charge in [0.1, 0.15) is 5.75 Å². The van der Waals surface area contributed by atoms with Crippen LogP contribution in [-0.2, 0) is 6.42 Å². The van der Waals surface area contributed by atoms with E-state index in [2.05, 4.69) is 25.6 Å². The van der Waals surface area contributed by atoms with E-state index in [4.69, 9.17) is 4.74 Å². The zero-order valence-electron chi connectivity index (χ0n) is 16.9. The van der Waals surface area contributed by atoms with Crippen molar-refractivity contribution in [3.63, 3.8) is 0 Å². The molecular formula is C23H21N5O3. The van der Waals surface area contributed by atoms with E-state index < -0.39 is 6.09 Å². The van der Waals surface area contributed by atoms with Crippen LogP contribution in [0.5, 0.6) is 5.75 Å². The number of nitrogens with zero attached hydrogens (tertiary/aromatic N) is 3. The van der Waals surface area contributed by atoms with E-state index in [1.807, 2.05) is 36.4 Å². The third-order valence-electron chi connectivity index (χ3n) is 4.74. The first-order chi connectivity index (χ1) is 15.1. The van der Waals surface area contributed by atoms with E-state index in [9.17, 15) is 9.90 Å². The molecule has 3 N–H and O–H groups in total. The van der Waals surface area contributed by atoms with Gasteiger partial charge >= 0.3 is 6.09 Å². The fourth-order valence-corrected chi connectivity index (χ4v) is 3.28. The molecule has 4 aromatic rings. The number of benzene rings is 2. The molecule has 0 aliphatic carbocycles. The van der Waals surface area contributed by atoms with Crippen molar-refractivity contribution in [1.82, 2.24) is 15.0 Å². The maximum atomic E-state index is 11.3. The van der Waals surface area contributed by atoms with Gasteiger partial charge in [-0.05, 0) is 47.9 Å². The van der Waals surface area contributed by atoms with Gasteiger partial charge in [0, 0.05) is 42.0 Å². The highest BCUT2D eigenvalue weighted by Gasteiger charge is 2.11. The van der Waals surface area contributed by atoms with Crippen molar-refractivity contribution in [3.8, 4) is 17.0 Å². The lowest BCUT2D eigenvalue weighted by molar-refractivity contribution is 0.210.